The molecule has 0 N–H and O–H groups in total. The molecule has 2 spiro atoms. The first kappa shape index (κ1) is 35.3. The van der Waals surface area contributed by atoms with E-state index in [-0.39, 0.29) is 25.4 Å². The zero-order valence-electron chi connectivity index (χ0n) is 30.2. The lowest BCUT2D eigenvalue weighted by Crippen LogP contribution is -2.43. The molecule has 54 heavy (non-hydrogen) atoms. The monoisotopic (exact) mass is 858 g/mol. The summed E-state index contributed by atoms with van der Waals surface area (Å²) in [5, 5.41) is 0. The molecular formula is C42H40Br2N2O8. The van der Waals surface area contributed by atoms with Crippen LogP contribution in [0.4, 0.5) is 11.4 Å². The number of carbonyl (C=O) groups is 2. The molecule has 0 aliphatic carbocycles. The Labute approximate surface area is 330 Å². The average molecular weight is 861 g/mol. The van der Waals surface area contributed by atoms with E-state index in [2.05, 4.69) is 45.7 Å². The van der Waals surface area contributed by atoms with Gasteiger partial charge >= 0.3 is 0 Å². The number of hydrogen-bond acceptors (Lipinski definition) is 8. The first-order valence-electron chi connectivity index (χ1n) is 18.7. The van der Waals surface area contributed by atoms with Gasteiger partial charge in [-0.05, 0) is 49.2 Å². The number of fused-ring (bicyclic) bond motifs is 10. The molecule has 4 aromatic rings. The Balaban J connectivity index is 0.000000142. The van der Waals surface area contributed by atoms with Crippen molar-refractivity contribution in [2.45, 2.75) is 63.2 Å². The van der Waals surface area contributed by atoms with E-state index in [1.54, 1.807) is 0 Å². The smallest absolute Gasteiger partial charge is 0.245 e. The fourth-order valence-corrected chi connectivity index (χ4v) is 10.1. The molecule has 2 atom stereocenters. The average Bonchev–Trinajstić information content (AvgIpc) is 4.03. The molecule has 0 bridgehead atoms. The normalized spacial score (nSPS) is 21.6. The largest absolute Gasteiger partial charge is 0.491 e. The van der Waals surface area contributed by atoms with Gasteiger partial charge in [0.05, 0.1) is 0 Å². The summed E-state index contributed by atoms with van der Waals surface area (Å²) >= 11 is 7.39. The summed E-state index contributed by atoms with van der Waals surface area (Å²) in [6.45, 7) is 6.76. The summed E-state index contributed by atoms with van der Waals surface area (Å²) in [7, 11) is 0. The van der Waals surface area contributed by atoms with Crippen LogP contribution in [-0.4, -0.2) is 51.7 Å². The molecule has 0 aromatic heterocycles. The van der Waals surface area contributed by atoms with Crippen molar-refractivity contribution in [2.75, 3.05) is 49.7 Å². The van der Waals surface area contributed by atoms with E-state index < -0.39 is 10.8 Å². The number of carbonyl (C=O) groups excluding carboxylic acids is 2. The summed E-state index contributed by atoms with van der Waals surface area (Å²) < 4.78 is 36.0. The highest BCUT2D eigenvalue weighted by atomic mass is 79.9. The first-order valence-corrected chi connectivity index (χ1v) is 20.3. The minimum Gasteiger partial charge on any atom is -0.491 e. The molecule has 6 aliphatic rings. The van der Waals surface area contributed by atoms with Crippen molar-refractivity contribution in [3.8, 4) is 34.5 Å². The molecule has 10 nitrogen and oxygen atoms in total. The maximum absolute atomic E-state index is 13.7. The highest BCUT2D eigenvalue weighted by Gasteiger charge is 2.59. The maximum atomic E-state index is 13.7. The van der Waals surface area contributed by atoms with E-state index in [4.69, 9.17) is 28.4 Å². The van der Waals surface area contributed by atoms with Crippen molar-refractivity contribution in [1.82, 2.24) is 0 Å². The van der Waals surface area contributed by atoms with Crippen LogP contribution in [0, 0.1) is 0 Å². The molecule has 10 rings (SSSR count). The van der Waals surface area contributed by atoms with Crippen LogP contribution in [0.1, 0.15) is 74.6 Å². The van der Waals surface area contributed by atoms with Crippen molar-refractivity contribution in [2.24, 2.45) is 0 Å². The fourth-order valence-electron chi connectivity index (χ4n) is 8.75. The van der Waals surface area contributed by atoms with E-state index >= 15 is 0 Å². The van der Waals surface area contributed by atoms with Crippen molar-refractivity contribution >= 4 is 55.0 Å². The quantitative estimate of drug-likeness (QED) is 0.163. The molecule has 0 radical (unpaired) electrons. The molecule has 6 aliphatic heterocycles. The molecule has 0 saturated carbocycles. The predicted octanol–water partition coefficient (Wildman–Crippen LogP) is 8.79. The Hall–Kier alpha value is -4.42. The predicted molar refractivity (Wildman–Crippen MR) is 210 cm³/mol. The number of nitrogens with zero attached hydrogens (tertiary/aromatic N) is 2. The molecule has 0 fully saturated rings. The molecule has 2 unspecified atom stereocenters. The van der Waals surface area contributed by atoms with Crippen molar-refractivity contribution in [3.63, 3.8) is 0 Å². The van der Waals surface area contributed by atoms with E-state index in [9.17, 15) is 9.59 Å². The van der Waals surface area contributed by atoms with Gasteiger partial charge in [0.15, 0.2) is 23.0 Å². The number of amides is 2. The highest BCUT2D eigenvalue weighted by molar-refractivity contribution is 9.10. The van der Waals surface area contributed by atoms with Crippen LogP contribution in [0.15, 0.2) is 69.6 Å². The maximum Gasteiger partial charge on any atom is 0.245 e. The topological polar surface area (TPSA) is 96.0 Å². The van der Waals surface area contributed by atoms with Crippen molar-refractivity contribution in [3.05, 3.63) is 91.9 Å². The third-order valence-electron chi connectivity index (χ3n) is 11.4. The van der Waals surface area contributed by atoms with E-state index in [0.29, 0.717) is 47.7 Å². The van der Waals surface area contributed by atoms with Crippen LogP contribution in [-0.2, 0) is 20.4 Å². The first-order chi connectivity index (χ1) is 26.3. The zero-order chi connectivity index (χ0) is 37.2. The van der Waals surface area contributed by atoms with Crippen molar-refractivity contribution in [1.29, 1.82) is 0 Å². The Morgan fingerprint density at radius 2 is 0.963 bits per heavy atom. The van der Waals surface area contributed by atoms with E-state index in [1.165, 1.54) is 0 Å². The number of rotatable bonds is 8. The molecule has 2 amide bonds. The fraction of sp³-hybridized carbons (Fsp3) is 0.381. The lowest BCUT2D eigenvalue weighted by molar-refractivity contribution is -0.122. The van der Waals surface area contributed by atoms with Gasteiger partial charge in [-0.3, -0.25) is 9.59 Å². The third-order valence-corrected chi connectivity index (χ3v) is 12.7. The second kappa shape index (κ2) is 13.7. The van der Waals surface area contributed by atoms with E-state index in [0.717, 1.165) is 94.2 Å². The molecule has 0 saturated heterocycles. The second-order valence-electron chi connectivity index (χ2n) is 14.4. The van der Waals surface area contributed by atoms with Crippen LogP contribution in [0.25, 0.3) is 0 Å². The molecular weight excluding hydrogens is 820 g/mol. The summed E-state index contributed by atoms with van der Waals surface area (Å²) in [5.74, 6) is 4.24. The third kappa shape index (κ3) is 5.15. The number of halogens is 2. The molecule has 280 valence electrons. The number of ether oxygens (including phenoxy) is 6. The Kier molecular flexibility index (Phi) is 8.96. The highest BCUT2D eigenvalue weighted by Crippen LogP contribution is 2.58. The van der Waals surface area contributed by atoms with Gasteiger partial charge < -0.3 is 38.2 Å². The van der Waals surface area contributed by atoms with Gasteiger partial charge in [0, 0.05) is 67.8 Å². The number of benzene rings is 4. The lowest BCUT2D eigenvalue weighted by Gasteiger charge is -2.23. The summed E-state index contributed by atoms with van der Waals surface area (Å²) in [6, 6.07) is 19.5. The SMILES string of the molecule is CCCCCN1C(=O)C2(COc3cc4c(cc32)OCO4)c2c(Br)cccc21.CCCCCN1C(=O)C2(COc3cc4c(cc32)OCO4)c2c(Br)cccc21. The van der Waals surface area contributed by atoms with Crippen LogP contribution in [0.5, 0.6) is 34.5 Å². The van der Waals surface area contributed by atoms with E-state index in [1.807, 2.05) is 70.5 Å². The molecule has 6 heterocycles. The number of anilines is 2. The van der Waals surface area contributed by atoms with Gasteiger partial charge in [-0.15, -0.1) is 0 Å². The van der Waals surface area contributed by atoms with Gasteiger partial charge in [0.2, 0.25) is 25.4 Å². The Morgan fingerprint density at radius 3 is 1.37 bits per heavy atom. The number of unbranched alkanes of at least 4 members (excludes halogenated alkanes) is 4. The van der Waals surface area contributed by atoms with Crippen molar-refractivity contribution < 1.29 is 38.0 Å². The van der Waals surface area contributed by atoms with Crippen LogP contribution in [0.2, 0.25) is 0 Å². The van der Waals surface area contributed by atoms with Gasteiger partial charge in [0.1, 0.15) is 35.5 Å². The minimum atomic E-state index is -0.835. The number of hydrogen-bond donors (Lipinski definition) is 0. The Morgan fingerprint density at radius 1 is 0.556 bits per heavy atom. The Bertz CT molecular complexity index is 2040. The van der Waals surface area contributed by atoms with Gasteiger partial charge in [-0.25, -0.2) is 0 Å². The van der Waals surface area contributed by atoms with Crippen LogP contribution >= 0.6 is 31.9 Å². The summed E-state index contributed by atoms with van der Waals surface area (Å²) in [6.07, 6.45) is 6.41. The minimum absolute atomic E-state index is 0.0816. The zero-order valence-corrected chi connectivity index (χ0v) is 33.3. The second-order valence-corrected chi connectivity index (χ2v) is 16.1. The molecule has 4 aromatic carbocycles. The van der Waals surface area contributed by atoms with Gasteiger partial charge in [-0.1, -0.05) is 83.5 Å². The lowest BCUT2D eigenvalue weighted by atomic mass is 9.77. The molecule has 12 heteroatoms. The van der Waals surface area contributed by atoms with Crippen LogP contribution in [0.3, 0.4) is 0 Å². The summed E-state index contributed by atoms with van der Waals surface area (Å²) in [5.41, 5.74) is 3.98. The van der Waals surface area contributed by atoms with Crippen LogP contribution < -0.4 is 38.2 Å². The standard InChI is InChI=1S/2C21H20BrNO4/c2*1-2-3-4-8-23-15-7-5-6-14(22)19(15)21(20(23)24)11-25-16-10-18-17(9-13(16)21)26-12-27-18/h2*5-7,9-10H,2-4,8,11-12H2,1H3. The van der Waals surface area contributed by atoms with Gasteiger partial charge in [-0.2, -0.15) is 0 Å². The summed E-state index contributed by atoms with van der Waals surface area (Å²) in [4.78, 5) is 31.4. The van der Waals surface area contributed by atoms with Gasteiger partial charge in [0.25, 0.3) is 0 Å².